The van der Waals surface area contributed by atoms with Crippen molar-refractivity contribution in [3.63, 3.8) is 0 Å². The molecule has 1 aliphatic heterocycles. The largest absolute Gasteiger partial charge is 0.351 e. The molecule has 4 nitrogen and oxygen atoms in total. The number of aromatic amines is 1. The number of nitrogens with one attached hydrogen (secondary N) is 3. The van der Waals surface area contributed by atoms with Crippen LogP contribution in [0.4, 0.5) is 10.1 Å². The molecule has 2 unspecified atom stereocenters. The lowest BCUT2D eigenvalue weighted by atomic mass is 9.68. The van der Waals surface area contributed by atoms with E-state index in [2.05, 4.69) is 34.7 Å². The summed E-state index contributed by atoms with van der Waals surface area (Å²) in [6, 6.07) is 7.86. The lowest BCUT2D eigenvalue weighted by Gasteiger charge is -2.39. The Bertz CT molecular complexity index is 851. The number of piperidine rings is 1. The monoisotopic (exact) mass is 353 g/mol. The zero-order chi connectivity index (χ0) is 18.1. The van der Waals surface area contributed by atoms with E-state index in [0.29, 0.717) is 17.3 Å². The molecule has 2 heterocycles. The summed E-state index contributed by atoms with van der Waals surface area (Å²) in [6.07, 6.45) is 7.77. The quantitative estimate of drug-likeness (QED) is 0.782. The van der Waals surface area contributed by atoms with Crippen molar-refractivity contribution in [1.29, 1.82) is 0 Å². The fourth-order valence-electron chi connectivity index (χ4n) is 4.13. The zero-order valence-corrected chi connectivity index (χ0v) is 14.9. The molecule has 1 amide bonds. The number of allylic oxidation sites excluding steroid dienone is 1. The topological polar surface area (TPSA) is 56.9 Å². The predicted molar refractivity (Wildman–Crippen MR) is 102 cm³/mol. The normalized spacial score (nSPS) is 24.9. The summed E-state index contributed by atoms with van der Waals surface area (Å²) in [5, 5.41) is 6.25. The molecular formula is C21H24FN3O. The molecule has 0 saturated carbocycles. The van der Waals surface area contributed by atoms with E-state index in [1.807, 2.05) is 6.07 Å². The van der Waals surface area contributed by atoms with Crippen LogP contribution in [0.15, 0.2) is 36.4 Å². The highest BCUT2D eigenvalue weighted by atomic mass is 19.1. The number of anilines is 1. The third kappa shape index (κ3) is 3.31. The minimum atomic E-state index is -0.367. The van der Waals surface area contributed by atoms with Gasteiger partial charge in [0.25, 0.3) is 5.91 Å². The number of amides is 1. The molecule has 2 aromatic rings. The van der Waals surface area contributed by atoms with Crippen molar-refractivity contribution in [3.8, 4) is 0 Å². The van der Waals surface area contributed by atoms with Crippen LogP contribution in [0.25, 0.3) is 6.08 Å². The van der Waals surface area contributed by atoms with Gasteiger partial charge in [-0.2, -0.15) is 0 Å². The van der Waals surface area contributed by atoms with E-state index in [4.69, 9.17) is 0 Å². The summed E-state index contributed by atoms with van der Waals surface area (Å²) < 4.78 is 13.3. The van der Waals surface area contributed by atoms with Gasteiger partial charge in [-0.25, -0.2) is 4.39 Å². The Morgan fingerprint density at radius 3 is 3.00 bits per heavy atom. The van der Waals surface area contributed by atoms with Gasteiger partial charge < -0.3 is 15.6 Å². The standard InChI is InChI=1S/C21H24FN3O/c1-21(15-4-3-9-23-13-15)8-7-18-14(12-21)10-19(25-18)20(26)24-17-6-2-5-16(22)11-17/h2,5-8,10-11,15,23,25H,3-4,9,12-13H2,1H3,(H,24,26). The van der Waals surface area contributed by atoms with E-state index in [0.717, 1.165) is 25.2 Å². The number of hydrogen-bond acceptors (Lipinski definition) is 2. The van der Waals surface area contributed by atoms with Crippen LogP contribution >= 0.6 is 0 Å². The van der Waals surface area contributed by atoms with Crippen LogP contribution in [0, 0.1) is 17.2 Å². The maximum Gasteiger partial charge on any atom is 0.272 e. The fraction of sp³-hybridized carbons (Fsp3) is 0.381. The van der Waals surface area contributed by atoms with Crippen LogP contribution in [0.5, 0.6) is 0 Å². The highest BCUT2D eigenvalue weighted by molar-refractivity contribution is 6.03. The summed E-state index contributed by atoms with van der Waals surface area (Å²) in [6.45, 7) is 4.47. The third-order valence-corrected chi connectivity index (χ3v) is 5.69. The van der Waals surface area contributed by atoms with E-state index in [1.165, 1.54) is 30.5 Å². The third-order valence-electron chi connectivity index (χ3n) is 5.69. The number of H-pyrrole nitrogens is 1. The molecular weight excluding hydrogens is 329 g/mol. The first-order valence-corrected chi connectivity index (χ1v) is 9.22. The van der Waals surface area contributed by atoms with Gasteiger partial charge in [-0.15, -0.1) is 0 Å². The van der Waals surface area contributed by atoms with E-state index in [1.54, 1.807) is 12.1 Å². The molecule has 4 rings (SSSR count). The molecule has 0 spiro atoms. The molecule has 0 radical (unpaired) electrons. The predicted octanol–water partition coefficient (Wildman–Crippen LogP) is 3.98. The minimum absolute atomic E-state index is 0.110. The first-order valence-electron chi connectivity index (χ1n) is 9.22. The van der Waals surface area contributed by atoms with Crippen molar-refractivity contribution in [1.82, 2.24) is 10.3 Å². The van der Waals surface area contributed by atoms with Crippen molar-refractivity contribution in [3.05, 3.63) is 59.2 Å². The average molecular weight is 353 g/mol. The summed E-state index contributed by atoms with van der Waals surface area (Å²) in [4.78, 5) is 15.7. The van der Waals surface area contributed by atoms with Crippen LogP contribution in [0.1, 0.15) is 41.5 Å². The van der Waals surface area contributed by atoms with E-state index < -0.39 is 0 Å². The first kappa shape index (κ1) is 17.0. The number of hydrogen-bond donors (Lipinski definition) is 3. The Balaban J connectivity index is 1.51. The molecule has 1 aliphatic carbocycles. The minimum Gasteiger partial charge on any atom is -0.351 e. The molecule has 1 fully saturated rings. The van der Waals surface area contributed by atoms with Crippen molar-refractivity contribution < 1.29 is 9.18 Å². The maximum atomic E-state index is 13.3. The zero-order valence-electron chi connectivity index (χ0n) is 14.9. The van der Waals surface area contributed by atoms with Crippen LogP contribution < -0.4 is 10.6 Å². The summed E-state index contributed by atoms with van der Waals surface area (Å²) in [5.74, 6) is -0.00655. The van der Waals surface area contributed by atoms with E-state index in [9.17, 15) is 9.18 Å². The van der Waals surface area contributed by atoms with E-state index in [-0.39, 0.29) is 17.1 Å². The molecule has 1 aromatic heterocycles. The van der Waals surface area contributed by atoms with Gasteiger partial charge in [-0.05, 0) is 79.6 Å². The molecule has 0 bridgehead atoms. The molecule has 5 heteroatoms. The number of fused-ring (bicyclic) bond motifs is 1. The molecule has 1 saturated heterocycles. The number of benzene rings is 1. The average Bonchev–Trinajstić information content (AvgIpc) is 3.05. The van der Waals surface area contributed by atoms with Gasteiger partial charge in [0.2, 0.25) is 0 Å². The number of carbonyl (C=O) groups is 1. The highest BCUT2D eigenvalue weighted by Gasteiger charge is 2.36. The van der Waals surface area contributed by atoms with Crippen LogP contribution in [0.2, 0.25) is 0 Å². The Hall–Kier alpha value is -2.40. The van der Waals surface area contributed by atoms with Gasteiger partial charge in [0.1, 0.15) is 11.5 Å². The van der Waals surface area contributed by atoms with Crippen molar-refractivity contribution in [2.24, 2.45) is 11.3 Å². The highest BCUT2D eigenvalue weighted by Crippen LogP contribution is 2.41. The van der Waals surface area contributed by atoms with Crippen LogP contribution in [-0.4, -0.2) is 24.0 Å². The molecule has 3 N–H and O–H groups in total. The number of halogens is 1. The number of aromatic nitrogens is 1. The number of carbonyl (C=O) groups excluding carboxylic acids is 1. The van der Waals surface area contributed by atoms with Gasteiger partial charge in [-0.1, -0.05) is 19.1 Å². The Morgan fingerprint density at radius 2 is 2.23 bits per heavy atom. The molecule has 136 valence electrons. The Kier molecular flexibility index (Phi) is 4.41. The van der Waals surface area contributed by atoms with Crippen molar-refractivity contribution in [2.75, 3.05) is 18.4 Å². The van der Waals surface area contributed by atoms with Gasteiger partial charge in [0, 0.05) is 11.4 Å². The molecule has 2 aliphatic rings. The Morgan fingerprint density at radius 1 is 1.35 bits per heavy atom. The second-order valence-corrected chi connectivity index (χ2v) is 7.65. The second-order valence-electron chi connectivity index (χ2n) is 7.65. The number of rotatable bonds is 3. The van der Waals surface area contributed by atoms with Crippen LogP contribution in [0.3, 0.4) is 0 Å². The lowest BCUT2D eigenvalue weighted by Crippen LogP contribution is -2.40. The van der Waals surface area contributed by atoms with E-state index >= 15 is 0 Å². The van der Waals surface area contributed by atoms with Crippen LogP contribution in [-0.2, 0) is 6.42 Å². The fourth-order valence-corrected chi connectivity index (χ4v) is 4.13. The van der Waals surface area contributed by atoms with Crippen molar-refractivity contribution in [2.45, 2.75) is 26.2 Å². The smallest absolute Gasteiger partial charge is 0.272 e. The second kappa shape index (κ2) is 6.72. The van der Waals surface area contributed by atoms with Gasteiger partial charge in [0.05, 0.1) is 0 Å². The summed E-state index contributed by atoms with van der Waals surface area (Å²) in [7, 11) is 0. The summed E-state index contributed by atoms with van der Waals surface area (Å²) >= 11 is 0. The first-order chi connectivity index (χ1) is 12.5. The van der Waals surface area contributed by atoms with Gasteiger partial charge >= 0.3 is 0 Å². The molecule has 1 aromatic carbocycles. The molecule has 2 atom stereocenters. The van der Waals surface area contributed by atoms with Gasteiger partial charge in [0.15, 0.2) is 0 Å². The van der Waals surface area contributed by atoms with Gasteiger partial charge in [-0.3, -0.25) is 4.79 Å². The maximum absolute atomic E-state index is 13.3. The molecule has 26 heavy (non-hydrogen) atoms. The lowest BCUT2D eigenvalue weighted by molar-refractivity contribution is 0.102. The Labute approximate surface area is 152 Å². The summed E-state index contributed by atoms with van der Waals surface area (Å²) in [5.41, 5.74) is 3.24. The SMILES string of the molecule is CC1(C2CCCNC2)C=Cc2[nH]c(C(=O)Nc3cccc(F)c3)cc2C1. The van der Waals surface area contributed by atoms with Crippen molar-refractivity contribution >= 4 is 17.7 Å².